The molecular weight excluding hydrogens is 316 g/mol. The monoisotopic (exact) mass is 338 g/mol. The highest BCUT2D eigenvalue weighted by atomic mass is 79.9. The molecule has 0 spiro atoms. The number of rotatable bonds is 5. The first-order valence-electron chi connectivity index (χ1n) is 6.73. The molecule has 110 valence electrons. The number of hydrogen-bond donors (Lipinski definition) is 1. The number of nitriles is 1. The van der Waals surface area contributed by atoms with Gasteiger partial charge in [0, 0.05) is 11.0 Å². The molecule has 1 aromatic carbocycles. The van der Waals surface area contributed by atoms with Crippen molar-refractivity contribution in [1.82, 2.24) is 5.32 Å². The van der Waals surface area contributed by atoms with E-state index in [-0.39, 0.29) is 0 Å². The van der Waals surface area contributed by atoms with Gasteiger partial charge in [0.25, 0.3) is 0 Å². The van der Waals surface area contributed by atoms with Crippen LogP contribution in [0.5, 0.6) is 5.75 Å². The van der Waals surface area contributed by atoms with Crippen LogP contribution in [-0.2, 0) is 6.42 Å². The lowest BCUT2D eigenvalue weighted by molar-refractivity contribution is 0.403. The van der Waals surface area contributed by atoms with Gasteiger partial charge in [0.1, 0.15) is 11.3 Å². The molecule has 0 atom stereocenters. The Morgan fingerprint density at radius 2 is 1.80 bits per heavy atom. The van der Waals surface area contributed by atoms with Gasteiger partial charge in [-0.15, -0.1) is 0 Å². The highest BCUT2D eigenvalue weighted by Gasteiger charge is 2.18. The van der Waals surface area contributed by atoms with E-state index >= 15 is 0 Å². The van der Waals surface area contributed by atoms with Crippen LogP contribution in [0, 0.1) is 32.1 Å². The lowest BCUT2D eigenvalue weighted by atomic mass is 9.96. The number of nitrogens with zero attached hydrogens (tertiary/aromatic N) is 1. The smallest absolute Gasteiger partial charge is 0.125 e. The third-order valence-electron chi connectivity index (χ3n) is 3.71. The van der Waals surface area contributed by atoms with Gasteiger partial charge >= 0.3 is 0 Å². The van der Waals surface area contributed by atoms with E-state index in [0.29, 0.717) is 0 Å². The van der Waals surface area contributed by atoms with Crippen molar-refractivity contribution in [2.75, 3.05) is 13.7 Å². The first-order chi connectivity index (χ1) is 9.25. The molecule has 0 amide bonds. The Balaban J connectivity index is 3.04. The lowest BCUT2D eigenvalue weighted by Gasteiger charge is -2.21. The molecular formula is C16H23BrN2O. The van der Waals surface area contributed by atoms with E-state index in [1.165, 1.54) is 22.3 Å². The summed E-state index contributed by atoms with van der Waals surface area (Å²) in [6.07, 6.45) is 0.833. The summed E-state index contributed by atoms with van der Waals surface area (Å²) in [7, 11) is 1.71. The Kier molecular flexibility index (Phi) is 5.61. The summed E-state index contributed by atoms with van der Waals surface area (Å²) in [5, 5.41) is 12.3. The molecule has 0 fully saturated rings. The van der Waals surface area contributed by atoms with E-state index in [9.17, 15) is 0 Å². The molecule has 3 nitrogen and oxygen atoms in total. The van der Waals surface area contributed by atoms with Crippen molar-refractivity contribution >= 4 is 15.9 Å². The van der Waals surface area contributed by atoms with Crippen LogP contribution in [0.25, 0.3) is 0 Å². The molecule has 0 aromatic heterocycles. The standard InChI is InChI=1S/C16H23BrN2O/c1-10-11(2)15(20-6)13(12(3)14(10)17)7-8-19-16(4,5)9-18/h19H,7-8H2,1-6H3. The second-order valence-electron chi connectivity index (χ2n) is 5.61. The van der Waals surface area contributed by atoms with Crippen LogP contribution < -0.4 is 10.1 Å². The van der Waals surface area contributed by atoms with Crippen LogP contribution in [0.4, 0.5) is 0 Å². The van der Waals surface area contributed by atoms with Crippen LogP contribution in [0.15, 0.2) is 4.47 Å². The van der Waals surface area contributed by atoms with E-state index in [1.807, 2.05) is 13.8 Å². The highest BCUT2D eigenvalue weighted by molar-refractivity contribution is 9.10. The van der Waals surface area contributed by atoms with E-state index in [2.05, 4.69) is 48.1 Å². The third kappa shape index (κ3) is 3.53. The Labute approximate surface area is 130 Å². The number of ether oxygens (including phenoxy) is 1. The first kappa shape index (κ1) is 17.0. The number of halogens is 1. The molecule has 0 saturated carbocycles. The Morgan fingerprint density at radius 3 is 2.30 bits per heavy atom. The van der Waals surface area contributed by atoms with Crippen molar-refractivity contribution in [1.29, 1.82) is 5.26 Å². The molecule has 1 aromatic rings. The summed E-state index contributed by atoms with van der Waals surface area (Å²) in [5.74, 6) is 0.958. The maximum absolute atomic E-state index is 9.03. The molecule has 0 heterocycles. The van der Waals surface area contributed by atoms with Crippen molar-refractivity contribution in [2.24, 2.45) is 0 Å². The molecule has 0 bridgehead atoms. The number of hydrogen-bond acceptors (Lipinski definition) is 3. The number of methoxy groups -OCH3 is 1. The Hall–Kier alpha value is -1.05. The second-order valence-corrected chi connectivity index (χ2v) is 6.41. The minimum Gasteiger partial charge on any atom is -0.496 e. The lowest BCUT2D eigenvalue weighted by Crippen LogP contribution is -2.38. The zero-order valence-corrected chi connectivity index (χ0v) is 14.7. The van der Waals surface area contributed by atoms with Crippen molar-refractivity contribution < 1.29 is 4.74 Å². The average Bonchev–Trinajstić information content (AvgIpc) is 2.42. The van der Waals surface area contributed by atoms with Gasteiger partial charge in [-0.2, -0.15) is 5.26 Å². The summed E-state index contributed by atoms with van der Waals surface area (Å²) in [5.41, 5.74) is 4.29. The maximum Gasteiger partial charge on any atom is 0.125 e. The highest BCUT2D eigenvalue weighted by Crippen LogP contribution is 2.36. The molecule has 0 radical (unpaired) electrons. The number of nitrogens with one attached hydrogen (secondary N) is 1. The topological polar surface area (TPSA) is 45.0 Å². The fourth-order valence-corrected chi connectivity index (χ4v) is 2.80. The van der Waals surface area contributed by atoms with Gasteiger partial charge < -0.3 is 4.74 Å². The summed E-state index contributed by atoms with van der Waals surface area (Å²) in [6, 6.07) is 2.25. The van der Waals surface area contributed by atoms with Crippen LogP contribution in [0.2, 0.25) is 0 Å². The summed E-state index contributed by atoms with van der Waals surface area (Å²) in [4.78, 5) is 0. The van der Waals surface area contributed by atoms with Crippen LogP contribution >= 0.6 is 15.9 Å². The molecule has 1 N–H and O–H groups in total. The van der Waals surface area contributed by atoms with E-state index in [1.54, 1.807) is 7.11 Å². The van der Waals surface area contributed by atoms with Gasteiger partial charge in [0.05, 0.1) is 13.2 Å². The zero-order valence-electron chi connectivity index (χ0n) is 13.1. The normalized spacial score (nSPS) is 11.3. The van der Waals surface area contributed by atoms with Gasteiger partial charge in [-0.25, -0.2) is 0 Å². The van der Waals surface area contributed by atoms with Crippen molar-refractivity contribution in [3.8, 4) is 11.8 Å². The third-order valence-corrected chi connectivity index (χ3v) is 4.90. The van der Waals surface area contributed by atoms with Crippen molar-refractivity contribution in [3.05, 3.63) is 26.7 Å². The van der Waals surface area contributed by atoms with Gasteiger partial charge in [-0.05, 0) is 63.3 Å². The molecule has 20 heavy (non-hydrogen) atoms. The number of benzene rings is 1. The summed E-state index contributed by atoms with van der Waals surface area (Å²) < 4.78 is 6.73. The summed E-state index contributed by atoms with van der Waals surface area (Å²) >= 11 is 3.66. The molecule has 0 aliphatic heterocycles. The fourth-order valence-electron chi connectivity index (χ4n) is 2.26. The van der Waals surface area contributed by atoms with Gasteiger partial charge in [-0.3, -0.25) is 5.32 Å². The molecule has 1 rings (SSSR count). The largest absolute Gasteiger partial charge is 0.496 e. The van der Waals surface area contributed by atoms with Crippen LogP contribution in [0.3, 0.4) is 0 Å². The minimum absolute atomic E-state index is 0.502. The average molecular weight is 339 g/mol. The second kappa shape index (κ2) is 6.60. The quantitative estimate of drug-likeness (QED) is 0.887. The first-order valence-corrected chi connectivity index (χ1v) is 7.53. The maximum atomic E-state index is 9.03. The van der Waals surface area contributed by atoms with Crippen molar-refractivity contribution in [3.63, 3.8) is 0 Å². The van der Waals surface area contributed by atoms with E-state index < -0.39 is 5.54 Å². The SMILES string of the molecule is COc1c(C)c(C)c(Br)c(C)c1CCNC(C)(C)C#N. The molecule has 0 saturated heterocycles. The van der Waals surface area contributed by atoms with E-state index in [0.717, 1.165) is 23.2 Å². The van der Waals surface area contributed by atoms with Gasteiger partial charge in [0.15, 0.2) is 0 Å². The fraction of sp³-hybridized carbons (Fsp3) is 0.562. The predicted molar refractivity (Wildman–Crippen MR) is 86.3 cm³/mol. The molecule has 0 aliphatic rings. The zero-order chi connectivity index (χ0) is 15.5. The van der Waals surface area contributed by atoms with Crippen molar-refractivity contribution in [2.45, 2.75) is 46.6 Å². The predicted octanol–water partition coefficient (Wildman–Crippen LogP) is 3.82. The minimum atomic E-state index is -0.502. The van der Waals surface area contributed by atoms with Gasteiger partial charge in [-0.1, -0.05) is 15.9 Å². The van der Waals surface area contributed by atoms with E-state index in [4.69, 9.17) is 10.00 Å². The van der Waals surface area contributed by atoms with Crippen LogP contribution in [-0.4, -0.2) is 19.2 Å². The molecule has 4 heteroatoms. The van der Waals surface area contributed by atoms with Gasteiger partial charge in [0.2, 0.25) is 0 Å². The Bertz CT molecular complexity index is 545. The molecule has 0 aliphatic carbocycles. The molecule has 0 unspecified atom stereocenters. The Morgan fingerprint density at radius 1 is 1.20 bits per heavy atom. The van der Waals surface area contributed by atoms with Crippen LogP contribution in [0.1, 0.15) is 36.1 Å². The summed E-state index contributed by atoms with van der Waals surface area (Å²) in [6.45, 7) is 10.8.